The van der Waals surface area contributed by atoms with Crippen LogP contribution in [0.5, 0.6) is 0 Å². The van der Waals surface area contributed by atoms with Gasteiger partial charge in [0.15, 0.2) is 11.5 Å². The smallest absolute Gasteiger partial charge is 0.251 e. The van der Waals surface area contributed by atoms with Crippen LogP contribution in [0.25, 0.3) is 28.1 Å². The van der Waals surface area contributed by atoms with Crippen molar-refractivity contribution in [2.45, 2.75) is 6.92 Å². The molecule has 0 atom stereocenters. The van der Waals surface area contributed by atoms with Gasteiger partial charge >= 0.3 is 0 Å². The minimum Gasteiger partial charge on any atom is -0.355 e. The molecule has 0 saturated carbocycles. The number of aryl methyl sites for hydroxylation is 1. The molecule has 1 N–H and O–H groups in total. The van der Waals surface area contributed by atoms with Gasteiger partial charge in [0.1, 0.15) is 5.82 Å². The zero-order chi connectivity index (χ0) is 18.4. The molecule has 4 aromatic rings. The molecule has 4 rings (SSSR count). The number of hydrogen-bond acceptors (Lipinski definition) is 4. The normalized spacial score (nSPS) is 11.2. The molecule has 0 aliphatic heterocycles. The van der Waals surface area contributed by atoms with Crippen LogP contribution in [0.3, 0.4) is 0 Å². The predicted octanol–water partition coefficient (Wildman–Crippen LogP) is 3.41. The molecule has 0 radical (unpaired) electrons. The molecule has 0 aliphatic carbocycles. The summed E-state index contributed by atoms with van der Waals surface area (Å²) in [6.45, 7) is 1.81. The molecule has 8 heteroatoms. The Bertz CT molecular complexity index is 1190. The molecule has 2 aromatic carbocycles. The number of hydrogen-bond donors (Lipinski definition) is 1. The topological polar surface area (TPSA) is 72.2 Å². The summed E-state index contributed by atoms with van der Waals surface area (Å²) in [6.07, 6.45) is 0. The number of fused-ring (bicyclic) bond motifs is 3. The third-order valence-corrected chi connectivity index (χ3v) is 4.48. The Kier molecular flexibility index (Phi) is 3.81. The highest BCUT2D eigenvalue weighted by Crippen LogP contribution is 2.30. The van der Waals surface area contributed by atoms with E-state index >= 15 is 0 Å². The Hall–Kier alpha value is -3.06. The van der Waals surface area contributed by atoms with Crippen LogP contribution in [-0.4, -0.2) is 32.5 Å². The molecule has 0 saturated heterocycles. The van der Waals surface area contributed by atoms with Crippen molar-refractivity contribution in [3.05, 3.63) is 58.5 Å². The molecular formula is C18H13ClFN5O. The molecule has 2 aromatic heterocycles. The van der Waals surface area contributed by atoms with Crippen LogP contribution in [0.4, 0.5) is 4.39 Å². The highest BCUT2D eigenvalue weighted by molar-refractivity contribution is 6.33. The van der Waals surface area contributed by atoms with Crippen LogP contribution in [0, 0.1) is 12.7 Å². The van der Waals surface area contributed by atoms with Crippen LogP contribution in [0.15, 0.2) is 36.4 Å². The number of carbonyl (C=O) groups is 1. The molecule has 6 nitrogen and oxygen atoms in total. The summed E-state index contributed by atoms with van der Waals surface area (Å²) < 4.78 is 15.5. The number of carbonyl (C=O) groups excluding carboxylic acids is 1. The number of aromatic nitrogens is 4. The van der Waals surface area contributed by atoms with Crippen LogP contribution >= 0.6 is 11.6 Å². The van der Waals surface area contributed by atoms with Gasteiger partial charge in [0.05, 0.1) is 21.7 Å². The Morgan fingerprint density at radius 1 is 1.19 bits per heavy atom. The summed E-state index contributed by atoms with van der Waals surface area (Å²) >= 11 is 6.26. The van der Waals surface area contributed by atoms with Crippen molar-refractivity contribution >= 4 is 34.2 Å². The van der Waals surface area contributed by atoms with Gasteiger partial charge in [-0.3, -0.25) is 9.20 Å². The Morgan fingerprint density at radius 2 is 2.00 bits per heavy atom. The van der Waals surface area contributed by atoms with Gasteiger partial charge in [-0.25, -0.2) is 9.37 Å². The van der Waals surface area contributed by atoms with E-state index in [0.717, 1.165) is 0 Å². The third kappa shape index (κ3) is 2.48. The zero-order valence-electron chi connectivity index (χ0n) is 13.9. The molecule has 0 unspecified atom stereocenters. The fourth-order valence-electron chi connectivity index (χ4n) is 2.90. The minimum absolute atomic E-state index is 0.223. The van der Waals surface area contributed by atoms with Crippen molar-refractivity contribution in [3.63, 3.8) is 0 Å². The molecule has 0 fully saturated rings. The van der Waals surface area contributed by atoms with Crippen molar-refractivity contribution in [1.82, 2.24) is 24.9 Å². The molecule has 1 amide bonds. The monoisotopic (exact) mass is 369 g/mol. The number of halogens is 2. The fraction of sp³-hybridized carbons (Fsp3) is 0.111. The van der Waals surface area contributed by atoms with Gasteiger partial charge in [-0.15, -0.1) is 10.2 Å². The van der Waals surface area contributed by atoms with Gasteiger partial charge in [0.25, 0.3) is 5.91 Å². The quantitative estimate of drug-likeness (QED) is 0.587. The van der Waals surface area contributed by atoms with E-state index in [1.807, 2.05) is 6.92 Å². The number of benzene rings is 2. The first kappa shape index (κ1) is 16.4. The van der Waals surface area contributed by atoms with Crippen LogP contribution in [0.1, 0.15) is 16.1 Å². The van der Waals surface area contributed by atoms with E-state index < -0.39 is 5.82 Å². The average molecular weight is 370 g/mol. The summed E-state index contributed by atoms with van der Waals surface area (Å²) in [4.78, 5) is 16.5. The van der Waals surface area contributed by atoms with Gasteiger partial charge in [0.2, 0.25) is 0 Å². The largest absolute Gasteiger partial charge is 0.355 e. The molecule has 2 heterocycles. The second-order valence-electron chi connectivity index (χ2n) is 5.79. The standard InChI is InChI=1S/C18H13ClFN5O/c1-9-16-23-24-17(12-8-11(20)4-5-13(12)19)25(16)15-7-10(18(26)21-2)3-6-14(15)22-9/h3-8H,1-2H3,(H,21,26). The summed E-state index contributed by atoms with van der Waals surface area (Å²) in [5.41, 5.74) is 3.36. The number of rotatable bonds is 2. The lowest BCUT2D eigenvalue weighted by Gasteiger charge is -2.09. The van der Waals surface area contributed by atoms with Crippen molar-refractivity contribution in [2.24, 2.45) is 0 Å². The zero-order valence-corrected chi connectivity index (χ0v) is 14.7. The highest BCUT2D eigenvalue weighted by Gasteiger charge is 2.18. The molecule has 0 aliphatic rings. The van der Waals surface area contributed by atoms with E-state index in [4.69, 9.17) is 11.6 Å². The lowest BCUT2D eigenvalue weighted by atomic mass is 10.1. The van der Waals surface area contributed by atoms with Gasteiger partial charge in [-0.05, 0) is 43.3 Å². The highest BCUT2D eigenvalue weighted by atomic mass is 35.5. The van der Waals surface area contributed by atoms with E-state index in [0.29, 0.717) is 44.3 Å². The number of nitrogens with zero attached hydrogens (tertiary/aromatic N) is 4. The number of nitrogens with one attached hydrogen (secondary N) is 1. The van der Waals surface area contributed by atoms with Crippen molar-refractivity contribution < 1.29 is 9.18 Å². The first-order valence-electron chi connectivity index (χ1n) is 7.82. The van der Waals surface area contributed by atoms with Crippen molar-refractivity contribution in [2.75, 3.05) is 7.05 Å². The summed E-state index contributed by atoms with van der Waals surface area (Å²) in [5.74, 6) is -0.268. The first-order valence-corrected chi connectivity index (χ1v) is 8.20. The Morgan fingerprint density at radius 3 is 2.77 bits per heavy atom. The molecule has 0 bridgehead atoms. The molecular weight excluding hydrogens is 357 g/mol. The van der Waals surface area contributed by atoms with Crippen LogP contribution in [-0.2, 0) is 0 Å². The maximum absolute atomic E-state index is 13.8. The molecule has 0 spiro atoms. The van der Waals surface area contributed by atoms with E-state index in [1.54, 1.807) is 29.6 Å². The molecule has 26 heavy (non-hydrogen) atoms. The second kappa shape index (κ2) is 6.03. The van der Waals surface area contributed by atoms with E-state index in [2.05, 4.69) is 20.5 Å². The van der Waals surface area contributed by atoms with Gasteiger partial charge < -0.3 is 5.32 Å². The molecule has 130 valence electrons. The van der Waals surface area contributed by atoms with E-state index in [9.17, 15) is 9.18 Å². The maximum Gasteiger partial charge on any atom is 0.251 e. The average Bonchev–Trinajstić information content (AvgIpc) is 3.09. The Balaban J connectivity index is 2.12. The van der Waals surface area contributed by atoms with Gasteiger partial charge in [0, 0.05) is 18.2 Å². The van der Waals surface area contributed by atoms with Crippen molar-refractivity contribution in [3.8, 4) is 11.4 Å². The lowest BCUT2D eigenvalue weighted by Crippen LogP contribution is -2.17. The predicted molar refractivity (Wildman–Crippen MR) is 96.8 cm³/mol. The van der Waals surface area contributed by atoms with Crippen LogP contribution in [0.2, 0.25) is 5.02 Å². The second-order valence-corrected chi connectivity index (χ2v) is 6.19. The third-order valence-electron chi connectivity index (χ3n) is 4.15. The van der Waals surface area contributed by atoms with Gasteiger partial charge in [-0.1, -0.05) is 11.6 Å². The first-order chi connectivity index (χ1) is 12.5. The SMILES string of the molecule is CNC(=O)c1ccc2nc(C)c3nnc(-c4cc(F)ccc4Cl)n3c2c1. The Labute approximate surface area is 152 Å². The lowest BCUT2D eigenvalue weighted by molar-refractivity contribution is 0.0963. The van der Waals surface area contributed by atoms with E-state index in [1.165, 1.54) is 18.2 Å². The van der Waals surface area contributed by atoms with E-state index in [-0.39, 0.29) is 5.91 Å². The van der Waals surface area contributed by atoms with Gasteiger partial charge in [-0.2, -0.15) is 0 Å². The summed E-state index contributed by atoms with van der Waals surface area (Å²) in [6, 6.07) is 9.21. The maximum atomic E-state index is 13.8. The minimum atomic E-state index is -0.428. The summed E-state index contributed by atoms with van der Waals surface area (Å²) in [7, 11) is 1.56. The van der Waals surface area contributed by atoms with Crippen molar-refractivity contribution in [1.29, 1.82) is 0 Å². The summed E-state index contributed by atoms with van der Waals surface area (Å²) in [5, 5.41) is 11.3. The van der Waals surface area contributed by atoms with Crippen LogP contribution < -0.4 is 5.32 Å². The number of amides is 1. The fourth-order valence-corrected chi connectivity index (χ4v) is 3.11.